The van der Waals surface area contributed by atoms with Crippen molar-refractivity contribution in [2.24, 2.45) is 5.92 Å². The van der Waals surface area contributed by atoms with Crippen LogP contribution in [0.3, 0.4) is 0 Å². The van der Waals surface area contributed by atoms with Gasteiger partial charge in [-0.15, -0.1) is 11.3 Å². The molecule has 1 unspecified atom stereocenters. The lowest BCUT2D eigenvalue weighted by atomic mass is 9.73. The van der Waals surface area contributed by atoms with Crippen LogP contribution in [0.4, 0.5) is 0 Å². The summed E-state index contributed by atoms with van der Waals surface area (Å²) in [7, 11) is 0. The molecule has 3 nitrogen and oxygen atoms in total. The maximum absolute atomic E-state index is 11.6. The average Bonchev–Trinajstić information content (AvgIpc) is 2.68. The summed E-state index contributed by atoms with van der Waals surface area (Å²) in [5.74, 6) is -1.26. The molecule has 0 saturated heterocycles. The number of hydrogen-bond acceptors (Lipinski definition) is 3. The minimum Gasteiger partial charge on any atom is -0.479 e. The smallest absolute Gasteiger partial charge is 0.340 e. The fourth-order valence-electron chi connectivity index (χ4n) is 3.04. The Hall–Kier alpha value is -0.870. The molecule has 1 aromatic heterocycles. The molecule has 2 rings (SSSR count). The van der Waals surface area contributed by atoms with E-state index in [2.05, 4.69) is 0 Å². The zero-order chi connectivity index (χ0) is 13.3. The Kier molecular flexibility index (Phi) is 3.78. The summed E-state index contributed by atoms with van der Waals surface area (Å²) in [5, 5.41) is 20.3. The van der Waals surface area contributed by atoms with Gasteiger partial charge in [0.15, 0.2) is 5.60 Å². The Morgan fingerprint density at radius 1 is 1.33 bits per heavy atom. The van der Waals surface area contributed by atoms with Gasteiger partial charge in [-0.3, -0.25) is 0 Å². The van der Waals surface area contributed by atoms with Crippen LogP contribution < -0.4 is 0 Å². The molecule has 0 amide bonds. The van der Waals surface area contributed by atoms with E-state index < -0.39 is 11.6 Å². The summed E-state index contributed by atoms with van der Waals surface area (Å²) >= 11 is 1.55. The van der Waals surface area contributed by atoms with Gasteiger partial charge >= 0.3 is 5.97 Å². The van der Waals surface area contributed by atoms with E-state index in [0.717, 1.165) is 41.9 Å². The summed E-state index contributed by atoms with van der Waals surface area (Å²) in [4.78, 5) is 13.6. The zero-order valence-electron chi connectivity index (χ0n) is 10.9. The van der Waals surface area contributed by atoms with E-state index in [-0.39, 0.29) is 5.92 Å². The highest BCUT2D eigenvalue weighted by molar-refractivity contribution is 7.12. The van der Waals surface area contributed by atoms with E-state index in [0.29, 0.717) is 5.56 Å². The number of carboxylic acids is 1. The van der Waals surface area contributed by atoms with Crippen molar-refractivity contribution in [3.63, 3.8) is 0 Å². The number of hydrogen-bond donors (Lipinski definition) is 2. The molecule has 1 fully saturated rings. The van der Waals surface area contributed by atoms with Gasteiger partial charge in [0, 0.05) is 21.2 Å². The van der Waals surface area contributed by atoms with Crippen LogP contribution >= 0.6 is 11.3 Å². The second-order valence-electron chi connectivity index (χ2n) is 5.23. The first-order chi connectivity index (χ1) is 8.46. The number of carboxylic acid groups (broad SMARTS) is 1. The summed E-state index contributed by atoms with van der Waals surface area (Å²) in [6.07, 6.45) is 4.78. The first kappa shape index (κ1) is 13.6. The van der Waals surface area contributed by atoms with Crippen LogP contribution in [0.1, 0.15) is 47.4 Å². The molecular weight excluding hydrogens is 248 g/mol. The zero-order valence-corrected chi connectivity index (χ0v) is 11.7. The lowest BCUT2D eigenvalue weighted by molar-refractivity contribution is -0.168. The maximum Gasteiger partial charge on any atom is 0.340 e. The van der Waals surface area contributed by atoms with Crippen molar-refractivity contribution in [2.75, 3.05) is 0 Å². The van der Waals surface area contributed by atoms with Gasteiger partial charge in [0.1, 0.15) is 0 Å². The monoisotopic (exact) mass is 268 g/mol. The molecule has 100 valence electrons. The van der Waals surface area contributed by atoms with Gasteiger partial charge in [0.2, 0.25) is 0 Å². The Bertz CT molecular complexity index is 446. The Morgan fingerprint density at radius 2 is 1.94 bits per heavy atom. The third-order valence-electron chi connectivity index (χ3n) is 3.97. The minimum atomic E-state index is -1.70. The topological polar surface area (TPSA) is 57.5 Å². The SMILES string of the molecule is Cc1cc(C(O)(C(=O)O)C2CCCCC2)c(C)s1. The lowest BCUT2D eigenvalue weighted by Gasteiger charge is -2.35. The molecule has 4 heteroatoms. The molecule has 1 atom stereocenters. The third kappa shape index (κ3) is 2.19. The van der Waals surface area contributed by atoms with E-state index in [9.17, 15) is 15.0 Å². The molecule has 1 aliphatic rings. The first-order valence-corrected chi connectivity index (χ1v) is 7.31. The molecule has 1 saturated carbocycles. The number of thiophene rings is 1. The molecule has 1 aromatic rings. The molecule has 2 N–H and O–H groups in total. The molecule has 0 aromatic carbocycles. The van der Waals surface area contributed by atoms with Crippen LogP contribution in [-0.4, -0.2) is 16.2 Å². The van der Waals surface area contributed by atoms with Crippen LogP contribution in [0.25, 0.3) is 0 Å². The first-order valence-electron chi connectivity index (χ1n) is 6.49. The fraction of sp³-hybridized carbons (Fsp3) is 0.643. The number of rotatable bonds is 3. The van der Waals surface area contributed by atoms with Gasteiger partial charge in [0.05, 0.1) is 0 Å². The molecule has 0 radical (unpaired) electrons. The molecule has 0 bridgehead atoms. The molecular formula is C14H20O3S. The van der Waals surface area contributed by atoms with E-state index in [1.165, 1.54) is 0 Å². The van der Waals surface area contributed by atoms with Crippen molar-refractivity contribution in [3.05, 3.63) is 21.4 Å². The van der Waals surface area contributed by atoms with Crippen molar-refractivity contribution >= 4 is 17.3 Å². The van der Waals surface area contributed by atoms with Gasteiger partial charge in [-0.2, -0.15) is 0 Å². The number of aliphatic hydroxyl groups is 1. The van der Waals surface area contributed by atoms with Crippen LogP contribution in [-0.2, 0) is 10.4 Å². The van der Waals surface area contributed by atoms with Crippen molar-refractivity contribution in [1.82, 2.24) is 0 Å². The standard InChI is InChI=1S/C14H20O3S/c1-9-8-12(10(2)18-9)14(17,13(15)16)11-6-4-3-5-7-11/h8,11,17H,3-7H2,1-2H3,(H,15,16). The number of carbonyl (C=O) groups is 1. The fourth-order valence-corrected chi connectivity index (χ4v) is 4.02. The second-order valence-corrected chi connectivity index (χ2v) is 6.69. The van der Waals surface area contributed by atoms with Crippen LogP contribution in [0.15, 0.2) is 6.07 Å². The quantitative estimate of drug-likeness (QED) is 0.885. The Balaban J connectivity index is 2.43. The minimum absolute atomic E-state index is 0.156. The molecule has 1 aliphatic carbocycles. The number of aliphatic carboxylic acids is 1. The van der Waals surface area contributed by atoms with E-state index in [1.54, 1.807) is 11.3 Å². The molecule has 18 heavy (non-hydrogen) atoms. The summed E-state index contributed by atoms with van der Waals surface area (Å²) in [6.45, 7) is 3.84. The maximum atomic E-state index is 11.6. The normalized spacial score (nSPS) is 20.6. The summed E-state index contributed by atoms with van der Waals surface area (Å²) < 4.78 is 0. The van der Waals surface area contributed by atoms with E-state index >= 15 is 0 Å². The van der Waals surface area contributed by atoms with Crippen molar-refractivity contribution < 1.29 is 15.0 Å². The summed E-state index contributed by atoms with van der Waals surface area (Å²) in [6, 6.07) is 1.84. The van der Waals surface area contributed by atoms with E-state index in [4.69, 9.17) is 0 Å². The third-order valence-corrected chi connectivity index (χ3v) is 4.94. The van der Waals surface area contributed by atoms with Gasteiger partial charge in [0.25, 0.3) is 0 Å². The van der Waals surface area contributed by atoms with Crippen molar-refractivity contribution in [2.45, 2.75) is 51.6 Å². The largest absolute Gasteiger partial charge is 0.479 e. The molecule has 1 heterocycles. The predicted octanol–water partition coefficient (Wildman–Crippen LogP) is 3.22. The van der Waals surface area contributed by atoms with E-state index in [1.807, 2.05) is 19.9 Å². The van der Waals surface area contributed by atoms with Gasteiger partial charge in [-0.05, 0) is 32.8 Å². The highest BCUT2D eigenvalue weighted by Gasteiger charge is 2.47. The average molecular weight is 268 g/mol. The predicted molar refractivity (Wildman–Crippen MR) is 71.9 cm³/mol. The van der Waals surface area contributed by atoms with Gasteiger partial charge in [-0.25, -0.2) is 4.79 Å². The van der Waals surface area contributed by atoms with Crippen molar-refractivity contribution in [3.8, 4) is 0 Å². The van der Waals surface area contributed by atoms with Gasteiger partial charge in [-0.1, -0.05) is 19.3 Å². The van der Waals surface area contributed by atoms with Gasteiger partial charge < -0.3 is 10.2 Å². The van der Waals surface area contributed by atoms with Crippen LogP contribution in [0.5, 0.6) is 0 Å². The van der Waals surface area contributed by atoms with Crippen molar-refractivity contribution in [1.29, 1.82) is 0 Å². The molecule has 0 aliphatic heterocycles. The lowest BCUT2D eigenvalue weighted by Crippen LogP contribution is -2.44. The highest BCUT2D eigenvalue weighted by Crippen LogP contribution is 2.42. The molecule has 0 spiro atoms. The summed E-state index contributed by atoms with van der Waals surface area (Å²) in [5.41, 5.74) is -1.10. The Labute approximate surface area is 111 Å². The second kappa shape index (κ2) is 5.02. The van der Waals surface area contributed by atoms with Crippen LogP contribution in [0.2, 0.25) is 0 Å². The Morgan fingerprint density at radius 3 is 2.39 bits per heavy atom. The highest BCUT2D eigenvalue weighted by atomic mass is 32.1. The number of aryl methyl sites for hydroxylation is 2. The van der Waals surface area contributed by atoms with Crippen LogP contribution in [0, 0.1) is 19.8 Å².